The lowest BCUT2D eigenvalue weighted by atomic mass is 10.1. The standard InChI is InChI=1S/C15H10ClF3O3/c16-11-6-4-9(5-7-11)13(14(20)21)22-12-3-1-2-10(8-12)15(17,18)19/h1-8,13H,(H,20,21)/p-1/t13-/m0/s1. The van der Waals surface area contributed by atoms with Crippen molar-refractivity contribution in [2.24, 2.45) is 0 Å². The molecule has 0 radical (unpaired) electrons. The van der Waals surface area contributed by atoms with Gasteiger partial charge in [0.1, 0.15) is 5.75 Å². The van der Waals surface area contributed by atoms with Crippen LogP contribution in [0.3, 0.4) is 0 Å². The number of carbonyl (C=O) groups is 1. The maximum Gasteiger partial charge on any atom is 0.416 e. The molecule has 0 amide bonds. The van der Waals surface area contributed by atoms with Gasteiger partial charge >= 0.3 is 6.18 Å². The monoisotopic (exact) mass is 329 g/mol. The summed E-state index contributed by atoms with van der Waals surface area (Å²) in [5.41, 5.74) is -0.722. The topological polar surface area (TPSA) is 49.4 Å². The summed E-state index contributed by atoms with van der Waals surface area (Å²) in [5.74, 6) is -1.79. The molecule has 0 fully saturated rings. The van der Waals surface area contributed by atoms with Gasteiger partial charge in [0.05, 0.1) is 11.5 Å². The van der Waals surface area contributed by atoms with Crippen LogP contribution in [0.1, 0.15) is 17.2 Å². The van der Waals surface area contributed by atoms with Crippen LogP contribution in [0.5, 0.6) is 5.75 Å². The zero-order valence-electron chi connectivity index (χ0n) is 10.9. The zero-order chi connectivity index (χ0) is 16.3. The highest BCUT2D eigenvalue weighted by molar-refractivity contribution is 6.30. The fourth-order valence-corrected chi connectivity index (χ4v) is 1.90. The van der Waals surface area contributed by atoms with Gasteiger partial charge in [-0.05, 0) is 35.9 Å². The molecule has 116 valence electrons. The van der Waals surface area contributed by atoms with Crippen LogP contribution < -0.4 is 9.84 Å². The SMILES string of the molecule is O=C([O-])[C@@H](Oc1cccc(C(F)(F)F)c1)c1ccc(Cl)cc1. The summed E-state index contributed by atoms with van der Waals surface area (Å²) in [6.45, 7) is 0. The lowest BCUT2D eigenvalue weighted by Gasteiger charge is -2.21. The molecule has 22 heavy (non-hydrogen) atoms. The van der Waals surface area contributed by atoms with Gasteiger partial charge in [0, 0.05) is 5.02 Å². The van der Waals surface area contributed by atoms with E-state index in [2.05, 4.69) is 0 Å². The molecule has 2 rings (SSSR count). The lowest BCUT2D eigenvalue weighted by Crippen LogP contribution is -2.33. The van der Waals surface area contributed by atoms with Gasteiger partial charge in [-0.25, -0.2) is 0 Å². The minimum Gasteiger partial charge on any atom is -0.546 e. The normalized spacial score (nSPS) is 12.7. The van der Waals surface area contributed by atoms with Crippen LogP contribution >= 0.6 is 11.6 Å². The molecule has 2 aromatic carbocycles. The number of carbonyl (C=O) groups excluding carboxylic acids is 1. The van der Waals surface area contributed by atoms with Crippen molar-refractivity contribution in [3.05, 3.63) is 64.7 Å². The van der Waals surface area contributed by atoms with Crippen molar-refractivity contribution in [1.82, 2.24) is 0 Å². The van der Waals surface area contributed by atoms with E-state index >= 15 is 0 Å². The van der Waals surface area contributed by atoms with E-state index in [1.54, 1.807) is 0 Å². The van der Waals surface area contributed by atoms with Crippen molar-refractivity contribution in [1.29, 1.82) is 0 Å². The molecule has 0 aliphatic rings. The smallest absolute Gasteiger partial charge is 0.416 e. The van der Waals surface area contributed by atoms with Gasteiger partial charge in [-0.3, -0.25) is 0 Å². The molecule has 0 saturated heterocycles. The minimum absolute atomic E-state index is 0.210. The van der Waals surface area contributed by atoms with Crippen LogP contribution in [0, 0.1) is 0 Å². The minimum atomic E-state index is -4.55. The Morgan fingerprint density at radius 2 is 1.77 bits per heavy atom. The summed E-state index contributed by atoms with van der Waals surface area (Å²) in [4.78, 5) is 11.2. The number of aliphatic carboxylic acids is 1. The first-order chi connectivity index (χ1) is 10.3. The first-order valence-corrected chi connectivity index (χ1v) is 6.45. The largest absolute Gasteiger partial charge is 0.546 e. The van der Waals surface area contributed by atoms with Gasteiger partial charge < -0.3 is 14.6 Å². The fraction of sp³-hybridized carbons (Fsp3) is 0.133. The molecule has 0 aliphatic heterocycles. The van der Waals surface area contributed by atoms with Crippen LogP contribution in [0.25, 0.3) is 0 Å². The van der Waals surface area contributed by atoms with E-state index in [4.69, 9.17) is 16.3 Å². The van der Waals surface area contributed by atoms with Crippen LogP contribution in [0.15, 0.2) is 48.5 Å². The Morgan fingerprint density at radius 1 is 1.14 bits per heavy atom. The third-order valence-electron chi connectivity index (χ3n) is 2.80. The number of benzene rings is 2. The van der Waals surface area contributed by atoms with E-state index in [-0.39, 0.29) is 11.3 Å². The van der Waals surface area contributed by atoms with E-state index in [0.29, 0.717) is 5.02 Å². The second-order valence-corrected chi connectivity index (χ2v) is 4.83. The Kier molecular flexibility index (Phi) is 4.61. The molecule has 7 heteroatoms. The van der Waals surface area contributed by atoms with E-state index < -0.39 is 23.8 Å². The number of hydrogen-bond acceptors (Lipinski definition) is 3. The molecule has 2 aromatic rings. The second-order valence-electron chi connectivity index (χ2n) is 4.39. The highest BCUT2D eigenvalue weighted by Crippen LogP contribution is 2.32. The number of ether oxygens (including phenoxy) is 1. The van der Waals surface area contributed by atoms with E-state index in [0.717, 1.165) is 18.2 Å². The zero-order valence-corrected chi connectivity index (χ0v) is 11.7. The number of carboxylic acids is 1. The highest BCUT2D eigenvalue weighted by atomic mass is 35.5. The number of alkyl halides is 3. The Bertz CT molecular complexity index is 668. The molecular formula is C15H9ClF3O3-. The van der Waals surface area contributed by atoms with Gasteiger partial charge in [-0.1, -0.05) is 29.8 Å². The molecule has 0 aliphatic carbocycles. The van der Waals surface area contributed by atoms with Crippen molar-refractivity contribution >= 4 is 17.6 Å². The molecule has 0 unspecified atom stereocenters. The van der Waals surface area contributed by atoms with E-state index in [1.807, 2.05) is 0 Å². The van der Waals surface area contributed by atoms with Gasteiger partial charge in [0.2, 0.25) is 0 Å². The summed E-state index contributed by atoms with van der Waals surface area (Å²) in [7, 11) is 0. The van der Waals surface area contributed by atoms with Crippen LogP contribution in [0.2, 0.25) is 5.02 Å². The van der Waals surface area contributed by atoms with Gasteiger partial charge in [-0.15, -0.1) is 0 Å². The van der Waals surface area contributed by atoms with Crippen molar-refractivity contribution in [2.45, 2.75) is 12.3 Å². The third kappa shape index (κ3) is 3.92. The Balaban J connectivity index is 2.29. The average molecular weight is 330 g/mol. The van der Waals surface area contributed by atoms with Crippen molar-refractivity contribution in [2.75, 3.05) is 0 Å². The highest BCUT2D eigenvalue weighted by Gasteiger charge is 2.30. The van der Waals surface area contributed by atoms with Crippen molar-refractivity contribution in [3.63, 3.8) is 0 Å². The molecular weight excluding hydrogens is 321 g/mol. The maximum absolute atomic E-state index is 12.6. The predicted molar refractivity (Wildman–Crippen MR) is 71.3 cm³/mol. The Morgan fingerprint density at radius 3 is 2.32 bits per heavy atom. The predicted octanol–water partition coefficient (Wildman–Crippen LogP) is 3.23. The van der Waals surface area contributed by atoms with Gasteiger partial charge in [-0.2, -0.15) is 13.2 Å². The Labute approximate surface area is 128 Å². The van der Waals surface area contributed by atoms with Crippen LogP contribution in [0.4, 0.5) is 13.2 Å². The van der Waals surface area contributed by atoms with Crippen molar-refractivity contribution in [3.8, 4) is 5.75 Å². The number of hydrogen-bond donors (Lipinski definition) is 0. The van der Waals surface area contributed by atoms with Crippen molar-refractivity contribution < 1.29 is 27.8 Å². The molecule has 0 bridgehead atoms. The molecule has 0 spiro atoms. The summed E-state index contributed by atoms with van der Waals surface area (Å²) in [6, 6.07) is 9.65. The summed E-state index contributed by atoms with van der Waals surface area (Å²) >= 11 is 5.70. The number of rotatable bonds is 4. The first kappa shape index (κ1) is 16.2. The van der Waals surface area contributed by atoms with Gasteiger partial charge in [0.15, 0.2) is 6.10 Å². The summed E-state index contributed by atoms with van der Waals surface area (Å²) in [6.07, 6.45) is -6.09. The van der Waals surface area contributed by atoms with Gasteiger partial charge in [0.25, 0.3) is 0 Å². The summed E-state index contributed by atoms with van der Waals surface area (Å²) in [5, 5.41) is 11.6. The fourth-order valence-electron chi connectivity index (χ4n) is 1.77. The lowest BCUT2D eigenvalue weighted by molar-refractivity contribution is -0.314. The number of carboxylic acid groups (broad SMARTS) is 1. The quantitative estimate of drug-likeness (QED) is 0.865. The van der Waals surface area contributed by atoms with Crippen LogP contribution in [-0.2, 0) is 11.0 Å². The molecule has 3 nitrogen and oxygen atoms in total. The third-order valence-corrected chi connectivity index (χ3v) is 3.05. The van der Waals surface area contributed by atoms with Crippen LogP contribution in [-0.4, -0.2) is 5.97 Å². The maximum atomic E-state index is 12.6. The molecule has 0 aromatic heterocycles. The second kappa shape index (κ2) is 6.27. The van der Waals surface area contributed by atoms with E-state index in [9.17, 15) is 23.1 Å². The molecule has 0 saturated carbocycles. The number of halogens is 4. The summed E-state index contributed by atoms with van der Waals surface area (Å²) < 4.78 is 43.0. The average Bonchev–Trinajstić information content (AvgIpc) is 2.45. The molecule has 0 heterocycles. The first-order valence-electron chi connectivity index (χ1n) is 6.07. The Hall–Kier alpha value is -2.21. The molecule has 0 N–H and O–H groups in total. The molecule has 1 atom stereocenters. The van der Waals surface area contributed by atoms with E-state index in [1.165, 1.54) is 30.3 Å².